The van der Waals surface area contributed by atoms with Gasteiger partial charge in [-0.15, -0.1) is 5.10 Å². The predicted octanol–water partition coefficient (Wildman–Crippen LogP) is 1.11. The summed E-state index contributed by atoms with van der Waals surface area (Å²) >= 11 is 0. The molecule has 0 aromatic carbocycles. The summed E-state index contributed by atoms with van der Waals surface area (Å²) in [6.45, 7) is 0. The van der Waals surface area contributed by atoms with Crippen molar-refractivity contribution in [2.45, 2.75) is 0 Å². The molecule has 0 saturated heterocycles. The Hall–Kier alpha value is -1.78. The zero-order valence-electron chi connectivity index (χ0n) is 6.53. The summed E-state index contributed by atoms with van der Waals surface area (Å²) in [4.78, 5) is 4.10. The van der Waals surface area contributed by atoms with Crippen LogP contribution in [-0.4, -0.2) is 22.2 Å². The zero-order chi connectivity index (χ0) is 8.39. The topological polar surface area (TPSA) is 66.7 Å². The fraction of sp³-hybridized carbons (Fsp3) is 0.143. The quantitative estimate of drug-likeness (QED) is 0.697. The maximum atomic E-state index is 5.12. The van der Waals surface area contributed by atoms with Crippen LogP contribution in [0.4, 0.5) is 5.95 Å². The Morgan fingerprint density at radius 3 is 3.08 bits per heavy atom. The standard InChI is InChI=1S/C7H8N4O/c1-8-7-9-6(10-11-7)5-3-2-4-12-5/h2-4H,1H3,(H2,8,9,10,11). The fourth-order valence-corrected chi connectivity index (χ4v) is 0.897. The lowest BCUT2D eigenvalue weighted by atomic mass is 10.4. The minimum absolute atomic E-state index is 0.557. The number of hydrogen-bond donors (Lipinski definition) is 2. The Morgan fingerprint density at radius 2 is 2.50 bits per heavy atom. The molecule has 12 heavy (non-hydrogen) atoms. The normalized spacial score (nSPS) is 10.1. The third-order valence-corrected chi connectivity index (χ3v) is 1.46. The van der Waals surface area contributed by atoms with E-state index in [1.165, 1.54) is 0 Å². The second kappa shape index (κ2) is 2.69. The second-order valence-electron chi connectivity index (χ2n) is 2.23. The van der Waals surface area contributed by atoms with E-state index in [9.17, 15) is 0 Å². The molecule has 0 bridgehead atoms. The first-order valence-corrected chi connectivity index (χ1v) is 3.54. The van der Waals surface area contributed by atoms with Gasteiger partial charge in [0.1, 0.15) is 0 Å². The first kappa shape index (κ1) is 6.90. The molecular weight excluding hydrogens is 156 g/mol. The van der Waals surface area contributed by atoms with Crippen molar-refractivity contribution < 1.29 is 4.42 Å². The van der Waals surface area contributed by atoms with Crippen molar-refractivity contribution in [1.82, 2.24) is 15.2 Å². The summed E-state index contributed by atoms with van der Waals surface area (Å²) in [6.07, 6.45) is 1.59. The van der Waals surface area contributed by atoms with Crippen LogP contribution in [0.5, 0.6) is 0 Å². The van der Waals surface area contributed by atoms with Crippen molar-refractivity contribution in [2.75, 3.05) is 12.4 Å². The SMILES string of the molecule is CNc1n[nH]c(-c2ccco2)n1. The molecule has 0 radical (unpaired) electrons. The third-order valence-electron chi connectivity index (χ3n) is 1.46. The molecule has 2 N–H and O–H groups in total. The molecule has 5 nitrogen and oxygen atoms in total. The van der Waals surface area contributed by atoms with Crippen LogP contribution < -0.4 is 5.32 Å². The predicted molar refractivity (Wildman–Crippen MR) is 43.6 cm³/mol. The number of furan rings is 1. The van der Waals surface area contributed by atoms with Crippen molar-refractivity contribution in [3.8, 4) is 11.6 Å². The summed E-state index contributed by atoms with van der Waals surface area (Å²) in [5, 5.41) is 9.44. The number of rotatable bonds is 2. The second-order valence-corrected chi connectivity index (χ2v) is 2.23. The first-order chi connectivity index (χ1) is 5.90. The molecule has 2 aromatic heterocycles. The van der Waals surface area contributed by atoms with Crippen molar-refractivity contribution >= 4 is 5.95 Å². The molecule has 0 saturated carbocycles. The summed E-state index contributed by atoms with van der Waals surface area (Å²) < 4.78 is 5.12. The van der Waals surface area contributed by atoms with Crippen LogP contribution in [0.15, 0.2) is 22.8 Å². The van der Waals surface area contributed by atoms with Crippen LogP contribution >= 0.6 is 0 Å². The van der Waals surface area contributed by atoms with Gasteiger partial charge in [0.25, 0.3) is 0 Å². The van der Waals surface area contributed by atoms with Gasteiger partial charge in [0.15, 0.2) is 11.6 Å². The molecule has 2 aromatic rings. The highest BCUT2D eigenvalue weighted by molar-refractivity contribution is 5.47. The minimum Gasteiger partial charge on any atom is -0.461 e. The van der Waals surface area contributed by atoms with Crippen LogP contribution in [0.3, 0.4) is 0 Å². The van der Waals surface area contributed by atoms with Crippen molar-refractivity contribution in [3.63, 3.8) is 0 Å². The van der Waals surface area contributed by atoms with Gasteiger partial charge in [-0.1, -0.05) is 0 Å². The first-order valence-electron chi connectivity index (χ1n) is 3.54. The molecule has 5 heteroatoms. The number of aromatic nitrogens is 3. The molecule has 0 spiro atoms. The van der Waals surface area contributed by atoms with Crippen LogP contribution in [0, 0.1) is 0 Å². The molecule has 2 rings (SSSR count). The monoisotopic (exact) mass is 164 g/mol. The molecule has 0 aliphatic heterocycles. The van der Waals surface area contributed by atoms with Crippen molar-refractivity contribution in [2.24, 2.45) is 0 Å². The Labute approximate surface area is 68.8 Å². The minimum atomic E-state index is 0.557. The molecule has 0 aliphatic carbocycles. The van der Waals surface area contributed by atoms with Crippen molar-refractivity contribution in [3.05, 3.63) is 18.4 Å². The Kier molecular flexibility index (Phi) is 1.55. The molecule has 0 aliphatic rings. The smallest absolute Gasteiger partial charge is 0.242 e. The third kappa shape index (κ3) is 1.05. The van der Waals surface area contributed by atoms with Gasteiger partial charge in [-0.2, -0.15) is 4.98 Å². The van der Waals surface area contributed by atoms with Gasteiger partial charge in [0, 0.05) is 7.05 Å². The number of hydrogen-bond acceptors (Lipinski definition) is 4. The summed E-state index contributed by atoms with van der Waals surface area (Å²) in [6, 6.07) is 3.62. The molecule has 0 fully saturated rings. The lowest BCUT2D eigenvalue weighted by molar-refractivity contribution is 0.577. The number of nitrogens with zero attached hydrogens (tertiary/aromatic N) is 2. The molecular formula is C7H8N4O. The van der Waals surface area contributed by atoms with E-state index < -0.39 is 0 Å². The van der Waals surface area contributed by atoms with E-state index in [1.54, 1.807) is 19.4 Å². The van der Waals surface area contributed by atoms with Gasteiger partial charge in [0.05, 0.1) is 6.26 Å². The van der Waals surface area contributed by atoms with E-state index in [0.29, 0.717) is 17.5 Å². The maximum Gasteiger partial charge on any atom is 0.242 e. The van der Waals surface area contributed by atoms with Gasteiger partial charge >= 0.3 is 0 Å². The highest BCUT2D eigenvalue weighted by Crippen LogP contribution is 2.15. The van der Waals surface area contributed by atoms with E-state index >= 15 is 0 Å². The van der Waals surface area contributed by atoms with Crippen LogP contribution in [0.1, 0.15) is 0 Å². The lowest BCUT2D eigenvalue weighted by Gasteiger charge is -1.86. The van der Waals surface area contributed by atoms with Crippen LogP contribution in [-0.2, 0) is 0 Å². The average Bonchev–Trinajstić information content (AvgIpc) is 2.75. The number of H-pyrrole nitrogens is 1. The van der Waals surface area contributed by atoms with Gasteiger partial charge in [-0.3, -0.25) is 5.10 Å². The zero-order valence-corrected chi connectivity index (χ0v) is 6.53. The fourth-order valence-electron chi connectivity index (χ4n) is 0.897. The summed E-state index contributed by atoms with van der Waals surface area (Å²) in [5.41, 5.74) is 0. The molecule has 0 unspecified atom stereocenters. The average molecular weight is 164 g/mol. The van der Waals surface area contributed by atoms with E-state index in [0.717, 1.165) is 0 Å². The summed E-state index contributed by atoms with van der Waals surface area (Å²) in [7, 11) is 1.76. The van der Waals surface area contributed by atoms with Gasteiger partial charge in [0.2, 0.25) is 5.95 Å². The van der Waals surface area contributed by atoms with Crippen LogP contribution in [0.2, 0.25) is 0 Å². The Balaban J connectivity index is 2.35. The van der Waals surface area contributed by atoms with Gasteiger partial charge in [-0.05, 0) is 12.1 Å². The van der Waals surface area contributed by atoms with E-state index in [2.05, 4.69) is 20.5 Å². The number of anilines is 1. The summed E-state index contributed by atoms with van der Waals surface area (Å²) in [5.74, 6) is 1.87. The Bertz CT molecular complexity index is 351. The number of aromatic amines is 1. The van der Waals surface area contributed by atoms with E-state index in [4.69, 9.17) is 4.42 Å². The molecule has 2 heterocycles. The largest absolute Gasteiger partial charge is 0.461 e. The molecule has 0 atom stereocenters. The maximum absolute atomic E-state index is 5.12. The van der Waals surface area contributed by atoms with Crippen LogP contribution in [0.25, 0.3) is 11.6 Å². The van der Waals surface area contributed by atoms with Crippen molar-refractivity contribution in [1.29, 1.82) is 0 Å². The highest BCUT2D eigenvalue weighted by Gasteiger charge is 2.05. The Morgan fingerprint density at radius 1 is 1.58 bits per heavy atom. The highest BCUT2D eigenvalue weighted by atomic mass is 16.3. The van der Waals surface area contributed by atoms with Gasteiger partial charge in [-0.25, -0.2) is 0 Å². The van der Waals surface area contributed by atoms with E-state index in [1.807, 2.05) is 6.07 Å². The van der Waals surface area contributed by atoms with Gasteiger partial charge < -0.3 is 9.73 Å². The molecule has 0 amide bonds. The lowest BCUT2D eigenvalue weighted by Crippen LogP contribution is -1.88. The van der Waals surface area contributed by atoms with E-state index in [-0.39, 0.29) is 0 Å². The number of nitrogens with one attached hydrogen (secondary N) is 2. The molecule has 62 valence electrons.